The van der Waals surface area contributed by atoms with E-state index < -0.39 is 36.2 Å². The van der Waals surface area contributed by atoms with Crippen LogP contribution in [-0.4, -0.2) is 48.1 Å². The number of azide groups is 2. The maximum Gasteiger partial charge on any atom is 0.309 e. The molecule has 10 nitrogen and oxygen atoms in total. The molecule has 1 aliphatic carbocycles. The molecule has 0 aromatic carbocycles. The fraction of sp³-hybridized carbons (Fsp3) is 0.929. The van der Waals surface area contributed by atoms with E-state index in [1.165, 1.54) is 0 Å². The molecule has 0 radical (unpaired) electrons. The molecule has 0 aromatic heterocycles. The number of esters is 1. The van der Waals surface area contributed by atoms with E-state index in [4.69, 9.17) is 20.5 Å². The first-order chi connectivity index (χ1) is 11.5. The zero-order valence-electron chi connectivity index (χ0n) is 14.1. The molecule has 5 atom stereocenters. The van der Waals surface area contributed by atoms with E-state index in [2.05, 4.69) is 20.1 Å². The second kappa shape index (κ2) is 10.00. The van der Waals surface area contributed by atoms with Gasteiger partial charge in [-0.1, -0.05) is 24.1 Å². The molecule has 0 saturated heterocycles. The lowest BCUT2D eigenvalue weighted by molar-refractivity contribution is -0.161. The van der Waals surface area contributed by atoms with Gasteiger partial charge in [-0.15, -0.1) is 0 Å². The zero-order chi connectivity index (χ0) is 18.1. The van der Waals surface area contributed by atoms with E-state index in [0.29, 0.717) is 12.8 Å². The fourth-order valence-electron chi connectivity index (χ4n) is 2.93. The summed E-state index contributed by atoms with van der Waals surface area (Å²) in [6.45, 7) is 5.70. The molecule has 0 aromatic rings. The Labute approximate surface area is 140 Å². The van der Waals surface area contributed by atoms with Crippen molar-refractivity contribution in [3.05, 3.63) is 20.9 Å². The van der Waals surface area contributed by atoms with Gasteiger partial charge in [0.2, 0.25) is 0 Å². The minimum absolute atomic E-state index is 0.0382. The van der Waals surface area contributed by atoms with Crippen molar-refractivity contribution in [3.63, 3.8) is 0 Å². The molecule has 1 fully saturated rings. The van der Waals surface area contributed by atoms with Crippen LogP contribution in [0.4, 0.5) is 0 Å². The Morgan fingerprint density at radius 3 is 2.38 bits per heavy atom. The van der Waals surface area contributed by atoms with Crippen molar-refractivity contribution in [2.75, 3.05) is 6.61 Å². The maximum atomic E-state index is 12.2. The average Bonchev–Trinajstić information content (AvgIpc) is 2.57. The Morgan fingerprint density at radius 2 is 1.88 bits per heavy atom. The molecule has 24 heavy (non-hydrogen) atoms. The van der Waals surface area contributed by atoms with Gasteiger partial charge in [-0.2, -0.15) is 0 Å². The molecule has 1 rings (SSSR count). The van der Waals surface area contributed by atoms with Crippen LogP contribution >= 0.6 is 0 Å². The van der Waals surface area contributed by atoms with Crippen LogP contribution in [0.5, 0.6) is 0 Å². The fourth-order valence-corrected chi connectivity index (χ4v) is 2.93. The maximum absolute atomic E-state index is 12.2. The summed E-state index contributed by atoms with van der Waals surface area (Å²) in [7, 11) is 0. The van der Waals surface area contributed by atoms with Crippen molar-refractivity contribution in [2.45, 2.75) is 70.4 Å². The predicted molar refractivity (Wildman–Crippen MR) is 85.9 cm³/mol. The zero-order valence-corrected chi connectivity index (χ0v) is 14.1. The number of hydrogen-bond donors (Lipinski definition) is 1. The summed E-state index contributed by atoms with van der Waals surface area (Å²) in [5.41, 5.74) is 17.6. The lowest BCUT2D eigenvalue weighted by atomic mass is 9.78. The standard InChI is InChI=1S/C14H24N6O4/c1-4-8(5-2)24-13-11(18-20-16)9(14(22)23-6-3)7-10(12(13)21)17-19-15/h8-13,21H,4-7H2,1-3H3/t9?,10-,11?,12+,13-/m1/s1. The first kappa shape index (κ1) is 20.1. The van der Waals surface area contributed by atoms with Crippen molar-refractivity contribution in [1.82, 2.24) is 0 Å². The number of aliphatic hydroxyl groups is 1. The molecule has 10 heteroatoms. The van der Waals surface area contributed by atoms with Gasteiger partial charge < -0.3 is 14.6 Å². The lowest BCUT2D eigenvalue weighted by Gasteiger charge is -2.41. The molecule has 0 spiro atoms. The Balaban J connectivity index is 3.21. The quantitative estimate of drug-likeness (QED) is 0.312. The van der Waals surface area contributed by atoms with Gasteiger partial charge in [-0.25, -0.2) is 0 Å². The van der Waals surface area contributed by atoms with Gasteiger partial charge in [-0.05, 0) is 37.2 Å². The molecule has 134 valence electrons. The monoisotopic (exact) mass is 340 g/mol. The third-order valence-electron chi connectivity index (χ3n) is 4.21. The van der Waals surface area contributed by atoms with Crippen LogP contribution in [0.25, 0.3) is 20.9 Å². The highest BCUT2D eigenvalue weighted by Gasteiger charge is 2.48. The van der Waals surface area contributed by atoms with E-state index in [0.717, 1.165) is 0 Å². The molecule has 2 unspecified atom stereocenters. The van der Waals surface area contributed by atoms with Crippen molar-refractivity contribution < 1.29 is 19.4 Å². The highest BCUT2D eigenvalue weighted by Crippen LogP contribution is 2.34. The molecular weight excluding hydrogens is 316 g/mol. The summed E-state index contributed by atoms with van der Waals surface area (Å²) < 4.78 is 10.9. The van der Waals surface area contributed by atoms with Gasteiger partial charge in [0, 0.05) is 9.82 Å². The van der Waals surface area contributed by atoms with Crippen LogP contribution in [0.3, 0.4) is 0 Å². The summed E-state index contributed by atoms with van der Waals surface area (Å²) >= 11 is 0. The number of rotatable bonds is 8. The predicted octanol–water partition coefficient (Wildman–Crippen LogP) is 2.86. The average molecular weight is 340 g/mol. The van der Waals surface area contributed by atoms with E-state index in [9.17, 15) is 9.90 Å². The van der Waals surface area contributed by atoms with Crippen LogP contribution in [0, 0.1) is 5.92 Å². The van der Waals surface area contributed by atoms with Crippen molar-refractivity contribution in [1.29, 1.82) is 0 Å². The van der Waals surface area contributed by atoms with Crippen molar-refractivity contribution in [3.8, 4) is 0 Å². The van der Waals surface area contributed by atoms with Gasteiger partial charge in [0.1, 0.15) is 0 Å². The largest absolute Gasteiger partial charge is 0.466 e. The van der Waals surface area contributed by atoms with E-state index in [1.807, 2.05) is 13.8 Å². The molecule has 0 amide bonds. The van der Waals surface area contributed by atoms with E-state index >= 15 is 0 Å². The van der Waals surface area contributed by atoms with Crippen molar-refractivity contribution in [2.24, 2.45) is 16.1 Å². The Morgan fingerprint density at radius 1 is 1.25 bits per heavy atom. The van der Waals surface area contributed by atoms with Crippen LogP contribution in [0.1, 0.15) is 40.0 Å². The van der Waals surface area contributed by atoms with Crippen LogP contribution in [-0.2, 0) is 14.3 Å². The number of nitrogens with zero attached hydrogens (tertiary/aromatic N) is 6. The number of aliphatic hydroxyl groups excluding tert-OH is 1. The van der Waals surface area contributed by atoms with Crippen LogP contribution in [0.15, 0.2) is 10.2 Å². The van der Waals surface area contributed by atoms with Crippen LogP contribution < -0.4 is 0 Å². The van der Waals surface area contributed by atoms with Gasteiger partial charge in [0.25, 0.3) is 0 Å². The molecule has 0 heterocycles. The Kier molecular flexibility index (Phi) is 8.35. The highest BCUT2D eigenvalue weighted by atomic mass is 16.5. The van der Waals surface area contributed by atoms with Gasteiger partial charge in [-0.3, -0.25) is 4.79 Å². The number of carbonyl (C=O) groups excluding carboxylic acids is 1. The van der Waals surface area contributed by atoms with Crippen LogP contribution in [0.2, 0.25) is 0 Å². The first-order valence-electron chi connectivity index (χ1n) is 8.12. The Hall–Kier alpha value is -1.99. The summed E-state index contributed by atoms with van der Waals surface area (Å²) in [4.78, 5) is 17.8. The van der Waals surface area contributed by atoms with E-state index in [1.54, 1.807) is 6.92 Å². The topological polar surface area (TPSA) is 153 Å². The summed E-state index contributed by atoms with van der Waals surface area (Å²) in [5, 5.41) is 17.7. The minimum Gasteiger partial charge on any atom is -0.466 e. The molecule has 0 bridgehead atoms. The Bertz CT molecular complexity index is 513. The van der Waals surface area contributed by atoms with Gasteiger partial charge >= 0.3 is 5.97 Å². The number of ether oxygens (including phenoxy) is 2. The van der Waals surface area contributed by atoms with Gasteiger partial charge in [0.05, 0.1) is 42.9 Å². The minimum atomic E-state index is -1.16. The molecule has 1 saturated carbocycles. The number of carbonyl (C=O) groups is 1. The third kappa shape index (κ3) is 4.75. The second-order valence-electron chi connectivity index (χ2n) is 5.59. The number of hydrogen-bond acceptors (Lipinski definition) is 6. The second-order valence-corrected chi connectivity index (χ2v) is 5.59. The summed E-state index contributed by atoms with van der Waals surface area (Å²) in [5.74, 6) is -1.39. The SMILES string of the molecule is CCOC(=O)C1C[C@@H](N=[N+]=[N-])[C@H](O)[C@H](OC(CC)CC)C1N=[N+]=[N-]. The molecule has 1 aliphatic rings. The summed E-state index contributed by atoms with van der Waals surface area (Å²) in [6.07, 6.45) is -0.852. The van der Waals surface area contributed by atoms with E-state index in [-0.39, 0.29) is 19.1 Å². The molecule has 1 N–H and O–H groups in total. The smallest absolute Gasteiger partial charge is 0.309 e. The third-order valence-corrected chi connectivity index (χ3v) is 4.21. The molecule has 0 aliphatic heterocycles. The lowest BCUT2D eigenvalue weighted by Crippen LogP contribution is -2.56. The van der Waals surface area contributed by atoms with Crippen molar-refractivity contribution >= 4 is 5.97 Å². The summed E-state index contributed by atoms with van der Waals surface area (Å²) in [6, 6.07) is -1.77. The van der Waals surface area contributed by atoms with Gasteiger partial charge in [0.15, 0.2) is 0 Å². The highest BCUT2D eigenvalue weighted by molar-refractivity contribution is 5.74. The normalized spacial score (nSPS) is 29.5. The molecular formula is C14H24N6O4. The first-order valence-corrected chi connectivity index (χ1v) is 8.12.